The largest absolute Gasteiger partial charge is 0.440 e. The van der Waals surface area contributed by atoms with Crippen LogP contribution in [0.5, 0.6) is 0 Å². The first-order chi connectivity index (χ1) is 16.9. The number of benzene rings is 4. The van der Waals surface area contributed by atoms with Crippen LogP contribution < -0.4 is 0 Å². The van der Waals surface area contributed by atoms with E-state index in [4.69, 9.17) is 18.8 Å². The van der Waals surface area contributed by atoms with E-state index >= 15 is 0 Å². The maximum Gasteiger partial charge on any atom is 0.199 e. The summed E-state index contributed by atoms with van der Waals surface area (Å²) in [5.74, 6) is 1.95. The minimum absolute atomic E-state index is 0.0669. The Morgan fingerprint density at radius 1 is 0.412 bits per heavy atom. The van der Waals surface area contributed by atoms with Crippen molar-refractivity contribution in [3.05, 3.63) is 132 Å². The Bertz CT molecular complexity index is 1390. The second-order valence-corrected chi connectivity index (χ2v) is 8.96. The van der Waals surface area contributed by atoms with Gasteiger partial charge >= 0.3 is 0 Å². The van der Waals surface area contributed by atoms with E-state index in [-0.39, 0.29) is 23.7 Å². The molecular formula is C30H22N2O2. The summed E-state index contributed by atoms with van der Waals surface area (Å²) < 4.78 is 12.7. The predicted octanol–water partition coefficient (Wildman–Crippen LogP) is 7.42. The fourth-order valence-electron chi connectivity index (χ4n) is 5.61. The maximum absolute atomic E-state index is 6.36. The standard InChI is InChI=1S/C30H22N2O2/c1-3-11-19(12-4-1)25-27(29-31-21-15-7-9-17-23(21)33-29)26(20-13-5-2-6-14-20)28(25)30-32-22-16-8-10-18-24(22)34-30/h1-18,25-28H. The first-order valence-corrected chi connectivity index (χ1v) is 11.7. The van der Waals surface area contributed by atoms with Gasteiger partial charge < -0.3 is 8.83 Å². The van der Waals surface area contributed by atoms with Gasteiger partial charge in [-0.15, -0.1) is 0 Å². The van der Waals surface area contributed by atoms with Crippen molar-refractivity contribution in [1.29, 1.82) is 0 Å². The quantitative estimate of drug-likeness (QED) is 0.285. The van der Waals surface area contributed by atoms with E-state index in [2.05, 4.69) is 60.7 Å². The fourth-order valence-corrected chi connectivity index (χ4v) is 5.61. The zero-order valence-corrected chi connectivity index (χ0v) is 18.4. The van der Waals surface area contributed by atoms with E-state index in [1.165, 1.54) is 11.1 Å². The molecule has 0 radical (unpaired) electrons. The molecule has 2 aromatic heterocycles. The number of fused-ring (bicyclic) bond motifs is 2. The molecule has 4 nitrogen and oxygen atoms in total. The van der Waals surface area contributed by atoms with Gasteiger partial charge in [0.1, 0.15) is 11.0 Å². The fraction of sp³-hybridized carbons (Fsp3) is 0.133. The Kier molecular flexibility index (Phi) is 4.37. The molecule has 4 heteroatoms. The smallest absolute Gasteiger partial charge is 0.199 e. The van der Waals surface area contributed by atoms with Crippen molar-refractivity contribution in [3.8, 4) is 0 Å². The molecule has 1 aliphatic rings. The summed E-state index contributed by atoms with van der Waals surface area (Å²) in [4.78, 5) is 9.88. The van der Waals surface area contributed by atoms with Crippen molar-refractivity contribution in [2.45, 2.75) is 23.7 Å². The van der Waals surface area contributed by atoms with E-state index in [0.29, 0.717) is 0 Å². The summed E-state index contributed by atoms with van der Waals surface area (Å²) in [6, 6.07) is 37.2. The zero-order valence-electron chi connectivity index (χ0n) is 18.4. The summed E-state index contributed by atoms with van der Waals surface area (Å²) in [7, 11) is 0. The Hall–Kier alpha value is -4.18. The van der Waals surface area contributed by atoms with E-state index in [0.717, 1.165) is 34.0 Å². The molecule has 0 atom stereocenters. The van der Waals surface area contributed by atoms with Crippen molar-refractivity contribution in [2.75, 3.05) is 0 Å². The van der Waals surface area contributed by atoms with Gasteiger partial charge in [-0.25, -0.2) is 9.97 Å². The van der Waals surface area contributed by atoms with Crippen LogP contribution in [-0.2, 0) is 0 Å². The zero-order chi connectivity index (χ0) is 22.5. The van der Waals surface area contributed by atoms with Crippen molar-refractivity contribution in [2.24, 2.45) is 0 Å². The van der Waals surface area contributed by atoms with Crippen LogP contribution in [0.15, 0.2) is 118 Å². The molecule has 1 fully saturated rings. The summed E-state index contributed by atoms with van der Waals surface area (Å²) >= 11 is 0. The molecular weight excluding hydrogens is 420 g/mol. The number of oxazole rings is 2. The average Bonchev–Trinajstić information content (AvgIpc) is 3.48. The summed E-state index contributed by atoms with van der Waals surface area (Å²) in [6.07, 6.45) is 0. The number of hydrogen-bond donors (Lipinski definition) is 0. The predicted molar refractivity (Wildman–Crippen MR) is 132 cm³/mol. The second kappa shape index (κ2) is 7.70. The number of nitrogens with zero attached hydrogens (tertiary/aromatic N) is 2. The van der Waals surface area contributed by atoms with Crippen LogP contribution in [0.25, 0.3) is 22.2 Å². The third-order valence-electron chi connectivity index (χ3n) is 7.11. The highest BCUT2D eigenvalue weighted by Gasteiger charge is 2.57. The maximum atomic E-state index is 6.36. The lowest BCUT2D eigenvalue weighted by molar-refractivity contribution is 0.172. The number of rotatable bonds is 4. The lowest BCUT2D eigenvalue weighted by Crippen LogP contribution is -2.40. The van der Waals surface area contributed by atoms with Gasteiger partial charge in [-0.2, -0.15) is 0 Å². The Morgan fingerprint density at radius 3 is 1.21 bits per heavy atom. The van der Waals surface area contributed by atoms with Crippen molar-refractivity contribution in [1.82, 2.24) is 9.97 Å². The highest BCUT2D eigenvalue weighted by atomic mass is 16.4. The monoisotopic (exact) mass is 442 g/mol. The molecule has 2 heterocycles. The molecule has 1 aliphatic carbocycles. The molecule has 0 aliphatic heterocycles. The SMILES string of the molecule is c1ccc(C2C(c3nc4ccccc4o3)C(c3ccccc3)C2c2nc3ccccc3o2)cc1. The van der Waals surface area contributed by atoms with Crippen LogP contribution in [0.1, 0.15) is 46.6 Å². The van der Waals surface area contributed by atoms with Crippen molar-refractivity contribution in [3.63, 3.8) is 0 Å². The van der Waals surface area contributed by atoms with Crippen LogP contribution >= 0.6 is 0 Å². The van der Waals surface area contributed by atoms with E-state index < -0.39 is 0 Å². The third-order valence-corrected chi connectivity index (χ3v) is 7.11. The molecule has 1 saturated carbocycles. The molecule has 0 amide bonds. The molecule has 4 aromatic carbocycles. The van der Waals surface area contributed by atoms with Crippen molar-refractivity contribution < 1.29 is 8.83 Å². The minimum atomic E-state index is 0.0669. The van der Waals surface area contributed by atoms with Crippen LogP contribution in [0.2, 0.25) is 0 Å². The number of aromatic nitrogens is 2. The molecule has 6 aromatic rings. The van der Waals surface area contributed by atoms with E-state index in [9.17, 15) is 0 Å². The van der Waals surface area contributed by atoms with Gasteiger partial charge in [-0.3, -0.25) is 0 Å². The summed E-state index contributed by atoms with van der Waals surface area (Å²) in [5.41, 5.74) is 5.91. The molecule has 0 unspecified atom stereocenters. The summed E-state index contributed by atoms with van der Waals surface area (Å²) in [5, 5.41) is 0. The number of hydrogen-bond acceptors (Lipinski definition) is 4. The third kappa shape index (κ3) is 2.99. The molecule has 7 rings (SSSR count). The first kappa shape index (κ1) is 19.3. The van der Waals surface area contributed by atoms with Gasteiger partial charge in [0.15, 0.2) is 22.9 Å². The van der Waals surface area contributed by atoms with Gasteiger partial charge in [0.25, 0.3) is 0 Å². The van der Waals surface area contributed by atoms with Gasteiger partial charge in [-0.1, -0.05) is 84.9 Å². The highest BCUT2D eigenvalue weighted by molar-refractivity contribution is 5.73. The first-order valence-electron chi connectivity index (χ1n) is 11.7. The Labute approximate surface area is 196 Å². The highest BCUT2D eigenvalue weighted by Crippen LogP contribution is 2.66. The van der Waals surface area contributed by atoms with Crippen LogP contribution in [0, 0.1) is 0 Å². The molecule has 0 saturated heterocycles. The number of para-hydroxylation sites is 4. The normalized spacial score (nSPS) is 22.1. The van der Waals surface area contributed by atoms with Gasteiger partial charge in [0.05, 0.1) is 11.8 Å². The Balaban J connectivity index is 1.43. The molecule has 0 spiro atoms. The second-order valence-electron chi connectivity index (χ2n) is 8.96. The molecule has 34 heavy (non-hydrogen) atoms. The van der Waals surface area contributed by atoms with Gasteiger partial charge in [0, 0.05) is 11.8 Å². The molecule has 0 bridgehead atoms. The molecule has 164 valence electrons. The van der Waals surface area contributed by atoms with Crippen LogP contribution in [0.4, 0.5) is 0 Å². The molecule has 0 N–H and O–H groups in total. The van der Waals surface area contributed by atoms with E-state index in [1.54, 1.807) is 0 Å². The topological polar surface area (TPSA) is 52.1 Å². The lowest BCUT2D eigenvalue weighted by Gasteiger charge is -2.49. The van der Waals surface area contributed by atoms with Crippen molar-refractivity contribution >= 4 is 22.2 Å². The van der Waals surface area contributed by atoms with Crippen LogP contribution in [0.3, 0.4) is 0 Å². The van der Waals surface area contributed by atoms with Gasteiger partial charge in [-0.05, 0) is 35.4 Å². The average molecular weight is 443 g/mol. The van der Waals surface area contributed by atoms with E-state index in [1.807, 2.05) is 48.5 Å². The lowest BCUT2D eigenvalue weighted by atomic mass is 9.52. The minimum Gasteiger partial charge on any atom is -0.440 e. The summed E-state index contributed by atoms with van der Waals surface area (Å²) in [6.45, 7) is 0. The Morgan fingerprint density at radius 2 is 0.794 bits per heavy atom. The van der Waals surface area contributed by atoms with Gasteiger partial charge in [0.2, 0.25) is 0 Å². The van der Waals surface area contributed by atoms with Crippen LogP contribution in [-0.4, -0.2) is 9.97 Å².